The fourth-order valence-electron chi connectivity index (χ4n) is 2.17. The van der Waals surface area contributed by atoms with E-state index >= 15 is 0 Å². The molecule has 3 N–H and O–H groups in total. The van der Waals surface area contributed by atoms with Gasteiger partial charge in [0.05, 0.1) is 0 Å². The number of amidine groups is 1. The summed E-state index contributed by atoms with van der Waals surface area (Å²) in [7, 11) is 0. The van der Waals surface area contributed by atoms with Gasteiger partial charge in [-0.1, -0.05) is 18.2 Å². The molecule has 0 bridgehead atoms. The minimum absolute atomic E-state index is 0.256. The van der Waals surface area contributed by atoms with E-state index in [9.17, 15) is 4.79 Å². The van der Waals surface area contributed by atoms with E-state index < -0.39 is 12.0 Å². The summed E-state index contributed by atoms with van der Waals surface area (Å²) in [6, 6.07) is 11.3. The van der Waals surface area contributed by atoms with Crippen molar-refractivity contribution >= 4 is 17.6 Å². The predicted molar refractivity (Wildman–Crippen MR) is 77.7 cm³/mol. The number of aryl methyl sites for hydroxylation is 1. The van der Waals surface area contributed by atoms with Crippen LogP contribution in [-0.2, 0) is 16.1 Å². The van der Waals surface area contributed by atoms with E-state index in [1.54, 1.807) is 6.07 Å². The standard InChI is InChI=1S/C15H15N3O3/c1-9-6-7-10(20-9)8-17-15-18-12-5-3-2-4-11(12)13(21-15)14(16)19/h2-7,13H,8H2,1H3,(H2,16,19)(H,17,18). The number of amides is 1. The summed E-state index contributed by atoms with van der Waals surface area (Å²) >= 11 is 0. The van der Waals surface area contributed by atoms with Gasteiger partial charge in [-0.05, 0) is 25.1 Å². The van der Waals surface area contributed by atoms with Gasteiger partial charge in [0.15, 0.2) is 0 Å². The van der Waals surface area contributed by atoms with Crippen LogP contribution in [0.1, 0.15) is 23.2 Å². The number of rotatable bonds is 3. The highest BCUT2D eigenvalue weighted by Crippen LogP contribution is 2.30. The first kappa shape index (κ1) is 13.2. The van der Waals surface area contributed by atoms with Gasteiger partial charge in [0, 0.05) is 11.3 Å². The predicted octanol–water partition coefficient (Wildman–Crippen LogP) is 2.11. The van der Waals surface area contributed by atoms with Gasteiger partial charge in [0.25, 0.3) is 11.9 Å². The molecule has 0 aliphatic carbocycles. The van der Waals surface area contributed by atoms with E-state index in [-0.39, 0.29) is 6.02 Å². The number of carbonyl (C=O) groups is 1. The van der Waals surface area contributed by atoms with Crippen molar-refractivity contribution in [3.63, 3.8) is 0 Å². The lowest BCUT2D eigenvalue weighted by atomic mass is 10.1. The number of anilines is 1. The van der Waals surface area contributed by atoms with E-state index in [1.165, 1.54) is 0 Å². The Kier molecular flexibility index (Phi) is 3.35. The zero-order valence-corrected chi connectivity index (χ0v) is 11.5. The van der Waals surface area contributed by atoms with Crippen molar-refractivity contribution < 1.29 is 13.9 Å². The molecule has 2 aromatic rings. The van der Waals surface area contributed by atoms with Crippen LogP contribution < -0.4 is 11.1 Å². The third-order valence-corrected chi connectivity index (χ3v) is 3.15. The van der Waals surface area contributed by atoms with Crippen molar-refractivity contribution in [3.8, 4) is 0 Å². The lowest BCUT2D eigenvalue weighted by Crippen LogP contribution is -2.33. The van der Waals surface area contributed by atoms with Gasteiger partial charge >= 0.3 is 0 Å². The molecule has 1 aromatic carbocycles. The first-order chi connectivity index (χ1) is 10.1. The van der Waals surface area contributed by atoms with E-state index in [4.69, 9.17) is 14.9 Å². The number of carbonyl (C=O) groups excluding carboxylic acids is 1. The zero-order chi connectivity index (χ0) is 14.8. The molecule has 0 radical (unpaired) electrons. The molecule has 3 rings (SSSR count). The van der Waals surface area contributed by atoms with Gasteiger partial charge in [-0.3, -0.25) is 4.79 Å². The summed E-state index contributed by atoms with van der Waals surface area (Å²) in [5, 5.41) is 3.04. The maximum Gasteiger partial charge on any atom is 0.290 e. The van der Waals surface area contributed by atoms with Gasteiger partial charge < -0.3 is 20.2 Å². The van der Waals surface area contributed by atoms with Crippen LogP contribution in [-0.4, -0.2) is 11.9 Å². The first-order valence-corrected chi connectivity index (χ1v) is 6.55. The molecule has 1 atom stereocenters. The number of fused-ring (bicyclic) bond motifs is 1. The Morgan fingerprint density at radius 3 is 2.86 bits per heavy atom. The molecule has 6 nitrogen and oxygen atoms in total. The Balaban J connectivity index is 1.84. The van der Waals surface area contributed by atoms with Crippen molar-refractivity contribution in [2.45, 2.75) is 19.6 Å². The van der Waals surface area contributed by atoms with Gasteiger partial charge in [0.1, 0.15) is 18.1 Å². The second kappa shape index (κ2) is 5.32. The second-order valence-corrected chi connectivity index (χ2v) is 4.75. The summed E-state index contributed by atoms with van der Waals surface area (Å²) < 4.78 is 11.0. The fraction of sp³-hybridized carbons (Fsp3) is 0.200. The third-order valence-electron chi connectivity index (χ3n) is 3.15. The normalized spacial score (nSPS) is 18.7. The molecule has 2 heterocycles. The number of primary amides is 1. The number of hydrogen-bond acceptors (Lipinski definition) is 4. The minimum atomic E-state index is -0.834. The SMILES string of the molecule is Cc1ccc(CN=C2Nc3ccccc3C(C(N)=O)O2)o1. The molecule has 0 saturated heterocycles. The molecule has 21 heavy (non-hydrogen) atoms. The highest BCUT2D eigenvalue weighted by atomic mass is 16.5. The number of nitrogens with one attached hydrogen (secondary N) is 1. The lowest BCUT2D eigenvalue weighted by Gasteiger charge is -2.26. The van der Waals surface area contributed by atoms with Crippen molar-refractivity contribution in [2.24, 2.45) is 10.7 Å². The average Bonchev–Trinajstić information content (AvgIpc) is 2.89. The van der Waals surface area contributed by atoms with Crippen LogP contribution in [0.5, 0.6) is 0 Å². The molecule has 1 aliphatic heterocycles. The molecule has 1 aromatic heterocycles. The smallest absolute Gasteiger partial charge is 0.290 e. The van der Waals surface area contributed by atoms with E-state index in [1.807, 2.05) is 37.3 Å². The van der Waals surface area contributed by atoms with E-state index in [0.717, 1.165) is 17.2 Å². The monoisotopic (exact) mass is 285 g/mol. The number of para-hydroxylation sites is 1. The Morgan fingerprint density at radius 2 is 2.14 bits per heavy atom. The summed E-state index contributed by atoms with van der Waals surface area (Å²) in [6.07, 6.45) is -0.834. The molecule has 0 spiro atoms. The number of aliphatic imine (C=N–C) groups is 1. The van der Waals surface area contributed by atoms with Crippen molar-refractivity contribution in [1.82, 2.24) is 0 Å². The Hall–Kier alpha value is -2.76. The van der Waals surface area contributed by atoms with Crippen LogP contribution in [0, 0.1) is 6.92 Å². The quantitative estimate of drug-likeness (QED) is 0.903. The minimum Gasteiger partial charge on any atom is -0.464 e. The van der Waals surface area contributed by atoms with Crippen LogP contribution in [0.25, 0.3) is 0 Å². The van der Waals surface area contributed by atoms with Crippen LogP contribution in [0.15, 0.2) is 45.8 Å². The number of hydrogen-bond donors (Lipinski definition) is 2. The van der Waals surface area contributed by atoms with Crippen LogP contribution >= 0.6 is 0 Å². The third kappa shape index (κ3) is 2.74. The summed E-state index contributed by atoms with van der Waals surface area (Å²) in [6.45, 7) is 2.19. The number of nitrogens with zero attached hydrogens (tertiary/aromatic N) is 1. The molecule has 1 unspecified atom stereocenters. The lowest BCUT2D eigenvalue weighted by molar-refractivity contribution is -0.125. The van der Waals surface area contributed by atoms with Gasteiger partial charge in [-0.15, -0.1) is 0 Å². The number of benzene rings is 1. The Bertz CT molecular complexity index is 706. The highest BCUT2D eigenvalue weighted by molar-refractivity contribution is 5.97. The summed E-state index contributed by atoms with van der Waals surface area (Å²) in [5.41, 5.74) is 6.86. The molecule has 108 valence electrons. The van der Waals surface area contributed by atoms with Gasteiger partial charge in [0.2, 0.25) is 6.10 Å². The van der Waals surface area contributed by atoms with Crippen LogP contribution in [0.3, 0.4) is 0 Å². The number of furan rings is 1. The van der Waals surface area contributed by atoms with Crippen molar-refractivity contribution in [2.75, 3.05) is 5.32 Å². The molecular weight excluding hydrogens is 270 g/mol. The van der Waals surface area contributed by atoms with Gasteiger partial charge in [-0.25, -0.2) is 4.99 Å². The average molecular weight is 285 g/mol. The largest absolute Gasteiger partial charge is 0.464 e. The summed E-state index contributed by atoms with van der Waals surface area (Å²) in [4.78, 5) is 15.8. The van der Waals surface area contributed by atoms with Crippen molar-refractivity contribution in [3.05, 3.63) is 53.5 Å². The second-order valence-electron chi connectivity index (χ2n) is 4.75. The summed E-state index contributed by atoms with van der Waals surface area (Å²) in [5.74, 6) is 0.994. The maximum atomic E-state index is 11.5. The molecule has 1 aliphatic rings. The van der Waals surface area contributed by atoms with Crippen LogP contribution in [0.2, 0.25) is 0 Å². The highest BCUT2D eigenvalue weighted by Gasteiger charge is 2.29. The van der Waals surface area contributed by atoms with E-state index in [0.29, 0.717) is 12.1 Å². The molecule has 0 saturated carbocycles. The molecular formula is C15H15N3O3. The van der Waals surface area contributed by atoms with E-state index in [2.05, 4.69) is 10.3 Å². The van der Waals surface area contributed by atoms with Crippen molar-refractivity contribution in [1.29, 1.82) is 0 Å². The maximum absolute atomic E-state index is 11.5. The Morgan fingerprint density at radius 1 is 1.33 bits per heavy atom. The molecule has 6 heteroatoms. The fourth-order valence-corrected chi connectivity index (χ4v) is 2.17. The topological polar surface area (TPSA) is 89.8 Å². The first-order valence-electron chi connectivity index (χ1n) is 6.55. The molecule has 0 fully saturated rings. The Labute approximate surface area is 121 Å². The zero-order valence-electron chi connectivity index (χ0n) is 11.5. The number of ether oxygens (including phenoxy) is 1. The van der Waals surface area contributed by atoms with Crippen LogP contribution in [0.4, 0.5) is 5.69 Å². The van der Waals surface area contributed by atoms with Gasteiger partial charge in [-0.2, -0.15) is 0 Å². The number of nitrogens with two attached hydrogens (primary N) is 1. The molecule has 1 amide bonds.